The van der Waals surface area contributed by atoms with Crippen LogP contribution in [0.5, 0.6) is 5.75 Å². The Morgan fingerprint density at radius 2 is 1.93 bits per heavy atom. The van der Waals surface area contributed by atoms with Gasteiger partial charge in [0.15, 0.2) is 5.76 Å². The predicted octanol–water partition coefficient (Wildman–Crippen LogP) is 4.79. The van der Waals surface area contributed by atoms with Gasteiger partial charge in [0, 0.05) is 0 Å². The van der Waals surface area contributed by atoms with Gasteiger partial charge in [0.05, 0.1) is 28.8 Å². The number of furan rings is 1. The molecule has 2 amide bonds. The number of thiophene rings is 1. The Labute approximate surface area is 167 Å². The second-order valence-corrected chi connectivity index (χ2v) is 7.30. The second-order valence-electron chi connectivity index (χ2n) is 6.25. The molecule has 3 aromatic rings. The monoisotopic (exact) mass is 398 g/mol. The number of ether oxygens (including phenoxy) is 1. The number of rotatable bonds is 7. The molecule has 0 fully saturated rings. The van der Waals surface area contributed by atoms with Gasteiger partial charge in [-0.3, -0.25) is 9.59 Å². The molecule has 3 rings (SSSR count). The van der Waals surface area contributed by atoms with Crippen LogP contribution in [-0.4, -0.2) is 18.4 Å². The normalized spacial score (nSPS) is 11.7. The van der Waals surface area contributed by atoms with Crippen molar-refractivity contribution in [3.63, 3.8) is 0 Å². The first-order valence-electron chi connectivity index (χ1n) is 8.96. The van der Waals surface area contributed by atoms with Crippen LogP contribution in [0, 0.1) is 6.92 Å². The van der Waals surface area contributed by atoms with Gasteiger partial charge in [-0.05, 0) is 62.2 Å². The van der Waals surface area contributed by atoms with E-state index >= 15 is 0 Å². The molecule has 0 aliphatic rings. The van der Waals surface area contributed by atoms with E-state index in [4.69, 9.17) is 9.15 Å². The molecule has 2 heterocycles. The molecule has 0 saturated carbocycles. The maximum absolute atomic E-state index is 12.7. The number of carbonyl (C=O) groups excluding carboxylic acids is 2. The lowest BCUT2D eigenvalue weighted by molar-refractivity contribution is 0.0942. The minimum Gasteiger partial charge on any atom is -0.494 e. The number of anilines is 1. The number of carbonyl (C=O) groups is 2. The van der Waals surface area contributed by atoms with Gasteiger partial charge in [-0.25, -0.2) is 0 Å². The molecule has 1 aromatic carbocycles. The molecule has 2 N–H and O–H groups in total. The van der Waals surface area contributed by atoms with Crippen molar-refractivity contribution in [2.75, 3.05) is 11.9 Å². The van der Waals surface area contributed by atoms with Crippen LogP contribution in [0.2, 0.25) is 0 Å². The highest BCUT2D eigenvalue weighted by Gasteiger charge is 2.18. The molecule has 0 spiro atoms. The van der Waals surface area contributed by atoms with E-state index in [0.717, 1.165) is 16.9 Å². The molecular formula is C21H22N2O4S. The lowest BCUT2D eigenvalue weighted by Crippen LogP contribution is -2.26. The summed E-state index contributed by atoms with van der Waals surface area (Å²) in [7, 11) is 0. The summed E-state index contributed by atoms with van der Waals surface area (Å²) in [5.41, 5.74) is 1.79. The minimum absolute atomic E-state index is 0.161. The Kier molecular flexibility index (Phi) is 6.16. The standard InChI is InChI=1S/C21H22N2O4S/c1-4-26-16-9-7-15(8-10-16)14(3)22-21(25)19-13(2)12-18(28-19)23-20(24)17-6-5-11-27-17/h5-12,14H,4H2,1-3H3,(H,22,25)(H,23,24). The van der Waals surface area contributed by atoms with E-state index in [1.54, 1.807) is 18.2 Å². The molecule has 0 aliphatic heterocycles. The van der Waals surface area contributed by atoms with E-state index in [1.165, 1.54) is 17.6 Å². The summed E-state index contributed by atoms with van der Waals surface area (Å²) in [6.07, 6.45) is 1.44. The molecule has 2 aromatic heterocycles. The third-order valence-corrected chi connectivity index (χ3v) is 5.30. The molecule has 7 heteroatoms. The maximum Gasteiger partial charge on any atom is 0.291 e. The molecule has 0 saturated heterocycles. The second kappa shape index (κ2) is 8.75. The van der Waals surface area contributed by atoms with E-state index in [0.29, 0.717) is 16.5 Å². The fourth-order valence-electron chi connectivity index (χ4n) is 2.72. The first kappa shape index (κ1) is 19.7. The molecule has 1 atom stereocenters. The van der Waals surface area contributed by atoms with Gasteiger partial charge >= 0.3 is 0 Å². The molecule has 1 unspecified atom stereocenters. The highest BCUT2D eigenvalue weighted by molar-refractivity contribution is 7.18. The Hall–Kier alpha value is -3.06. The SMILES string of the molecule is CCOc1ccc(C(C)NC(=O)c2sc(NC(=O)c3ccco3)cc2C)cc1. The summed E-state index contributed by atoms with van der Waals surface area (Å²) >= 11 is 1.23. The summed E-state index contributed by atoms with van der Waals surface area (Å²) in [5.74, 6) is 0.500. The zero-order chi connectivity index (χ0) is 20.1. The summed E-state index contributed by atoms with van der Waals surface area (Å²) in [6.45, 7) is 6.32. The number of nitrogens with one attached hydrogen (secondary N) is 2. The molecule has 0 radical (unpaired) electrons. The minimum atomic E-state index is -0.346. The molecule has 0 bridgehead atoms. The fraction of sp³-hybridized carbons (Fsp3) is 0.238. The number of aryl methyl sites for hydroxylation is 1. The topological polar surface area (TPSA) is 80.6 Å². The van der Waals surface area contributed by atoms with E-state index in [1.807, 2.05) is 45.0 Å². The van der Waals surface area contributed by atoms with Crippen molar-refractivity contribution in [3.8, 4) is 5.75 Å². The third-order valence-electron chi connectivity index (χ3n) is 4.14. The van der Waals surface area contributed by atoms with Gasteiger partial charge in [-0.1, -0.05) is 12.1 Å². The highest BCUT2D eigenvalue weighted by Crippen LogP contribution is 2.28. The van der Waals surface area contributed by atoms with E-state index in [-0.39, 0.29) is 23.6 Å². The summed E-state index contributed by atoms with van der Waals surface area (Å²) in [4.78, 5) is 25.3. The van der Waals surface area contributed by atoms with Gasteiger partial charge in [0.25, 0.3) is 11.8 Å². The van der Waals surface area contributed by atoms with Crippen molar-refractivity contribution in [2.45, 2.75) is 26.8 Å². The van der Waals surface area contributed by atoms with Crippen molar-refractivity contribution in [2.24, 2.45) is 0 Å². The Bertz CT molecular complexity index is 945. The Morgan fingerprint density at radius 3 is 2.57 bits per heavy atom. The van der Waals surface area contributed by atoms with Crippen LogP contribution in [0.1, 0.15) is 51.2 Å². The first-order valence-corrected chi connectivity index (χ1v) is 9.78. The smallest absolute Gasteiger partial charge is 0.291 e. The van der Waals surface area contributed by atoms with Crippen molar-refractivity contribution in [3.05, 3.63) is 70.5 Å². The van der Waals surface area contributed by atoms with Gasteiger partial charge < -0.3 is 19.8 Å². The Morgan fingerprint density at radius 1 is 1.18 bits per heavy atom. The summed E-state index contributed by atoms with van der Waals surface area (Å²) < 4.78 is 10.5. The van der Waals surface area contributed by atoms with Crippen LogP contribution in [0.25, 0.3) is 0 Å². The molecule has 0 aliphatic carbocycles. The van der Waals surface area contributed by atoms with Gasteiger partial charge in [-0.2, -0.15) is 0 Å². The van der Waals surface area contributed by atoms with E-state index < -0.39 is 0 Å². The molecular weight excluding hydrogens is 376 g/mol. The van der Waals surface area contributed by atoms with Crippen molar-refractivity contribution in [1.82, 2.24) is 5.32 Å². The van der Waals surface area contributed by atoms with Crippen molar-refractivity contribution < 1.29 is 18.7 Å². The van der Waals surface area contributed by atoms with Crippen LogP contribution in [0.4, 0.5) is 5.00 Å². The zero-order valence-corrected chi connectivity index (χ0v) is 16.8. The fourth-order valence-corrected chi connectivity index (χ4v) is 3.69. The molecule has 28 heavy (non-hydrogen) atoms. The van der Waals surface area contributed by atoms with Gasteiger partial charge in [-0.15, -0.1) is 11.3 Å². The molecule has 6 nitrogen and oxygen atoms in total. The molecule has 146 valence electrons. The predicted molar refractivity (Wildman–Crippen MR) is 109 cm³/mol. The van der Waals surface area contributed by atoms with E-state index in [9.17, 15) is 9.59 Å². The van der Waals surface area contributed by atoms with Crippen LogP contribution in [0.3, 0.4) is 0 Å². The summed E-state index contributed by atoms with van der Waals surface area (Å²) in [6, 6.07) is 12.5. The number of amides is 2. The number of hydrogen-bond acceptors (Lipinski definition) is 5. The first-order chi connectivity index (χ1) is 13.5. The van der Waals surface area contributed by atoms with Crippen molar-refractivity contribution in [1.29, 1.82) is 0 Å². The van der Waals surface area contributed by atoms with Crippen LogP contribution >= 0.6 is 11.3 Å². The zero-order valence-electron chi connectivity index (χ0n) is 15.9. The average Bonchev–Trinajstić information content (AvgIpc) is 3.32. The lowest BCUT2D eigenvalue weighted by Gasteiger charge is -2.14. The van der Waals surface area contributed by atoms with Crippen molar-refractivity contribution >= 4 is 28.2 Å². The maximum atomic E-state index is 12.7. The van der Waals surface area contributed by atoms with Gasteiger partial charge in [0.1, 0.15) is 5.75 Å². The number of benzene rings is 1. The quantitative estimate of drug-likeness (QED) is 0.599. The third kappa shape index (κ3) is 4.61. The van der Waals surface area contributed by atoms with Crippen LogP contribution in [-0.2, 0) is 0 Å². The highest BCUT2D eigenvalue weighted by atomic mass is 32.1. The summed E-state index contributed by atoms with van der Waals surface area (Å²) in [5, 5.41) is 6.35. The average molecular weight is 398 g/mol. The van der Waals surface area contributed by atoms with Crippen LogP contribution in [0.15, 0.2) is 53.1 Å². The number of hydrogen-bond donors (Lipinski definition) is 2. The van der Waals surface area contributed by atoms with E-state index in [2.05, 4.69) is 10.6 Å². The van der Waals surface area contributed by atoms with Crippen LogP contribution < -0.4 is 15.4 Å². The lowest BCUT2D eigenvalue weighted by atomic mass is 10.1. The largest absolute Gasteiger partial charge is 0.494 e. The van der Waals surface area contributed by atoms with Gasteiger partial charge in [0.2, 0.25) is 0 Å². The Balaban J connectivity index is 1.65.